The minimum atomic E-state index is -0.498. The van der Waals surface area contributed by atoms with E-state index in [-0.39, 0.29) is 0 Å². The fraction of sp³-hybridized carbons (Fsp3) is 0.600. The van der Waals surface area contributed by atoms with Gasteiger partial charge in [-0.05, 0) is 39.5 Å². The molecule has 4 nitrogen and oxygen atoms in total. The maximum atomic E-state index is 10.3. The Labute approximate surface area is 115 Å². The van der Waals surface area contributed by atoms with E-state index in [4.69, 9.17) is 5.73 Å². The maximum Gasteiger partial charge on any atom is 0.0936 e. The van der Waals surface area contributed by atoms with Crippen molar-refractivity contribution in [3.05, 3.63) is 29.8 Å². The van der Waals surface area contributed by atoms with E-state index < -0.39 is 6.10 Å². The van der Waals surface area contributed by atoms with E-state index in [0.717, 1.165) is 18.7 Å². The first-order valence-electron chi connectivity index (χ1n) is 6.99. The van der Waals surface area contributed by atoms with Crippen LogP contribution < -0.4 is 5.73 Å². The molecule has 1 aromatic rings. The van der Waals surface area contributed by atoms with E-state index in [1.165, 1.54) is 12.8 Å². The molecule has 0 spiro atoms. The highest BCUT2D eigenvalue weighted by Crippen LogP contribution is 2.22. The summed E-state index contributed by atoms with van der Waals surface area (Å²) >= 11 is 0. The Kier molecular flexibility index (Phi) is 4.80. The van der Waals surface area contributed by atoms with Crippen molar-refractivity contribution in [1.82, 2.24) is 9.80 Å². The first-order valence-corrected chi connectivity index (χ1v) is 6.99. The predicted molar refractivity (Wildman–Crippen MR) is 79.0 cm³/mol. The number of rotatable bonds is 4. The van der Waals surface area contributed by atoms with Crippen molar-refractivity contribution < 1.29 is 5.11 Å². The number of nitrogens with zero attached hydrogens (tertiary/aromatic N) is 2. The van der Waals surface area contributed by atoms with Gasteiger partial charge in [-0.2, -0.15) is 0 Å². The van der Waals surface area contributed by atoms with E-state index in [2.05, 4.69) is 23.9 Å². The van der Waals surface area contributed by atoms with Crippen molar-refractivity contribution in [2.24, 2.45) is 0 Å². The van der Waals surface area contributed by atoms with Gasteiger partial charge in [0.05, 0.1) is 6.10 Å². The molecule has 0 amide bonds. The lowest BCUT2D eigenvalue weighted by molar-refractivity contribution is 0.0725. The van der Waals surface area contributed by atoms with Crippen LogP contribution in [0.4, 0.5) is 5.69 Å². The normalized spacial score (nSPS) is 22.6. The van der Waals surface area contributed by atoms with E-state index in [9.17, 15) is 5.11 Å². The van der Waals surface area contributed by atoms with Crippen LogP contribution in [0.1, 0.15) is 24.5 Å². The van der Waals surface area contributed by atoms with Gasteiger partial charge in [0.15, 0.2) is 0 Å². The van der Waals surface area contributed by atoms with Gasteiger partial charge >= 0.3 is 0 Å². The van der Waals surface area contributed by atoms with Crippen molar-refractivity contribution in [1.29, 1.82) is 0 Å². The lowest BCUT2D eigenvalue weighted by atomic mass is 10.0. The minimum Gasteiger partial charge on any atom is -0.398 e. The minimum absolute atomic E-state index is 0.498. The highest BCUT2D eigenvalue weighted by Gasteiger charge is 2.23. The SMILES string of the molecule is CN(C)C1CCCN(CC(O)c2ccccc2N)C1. The topological polar surface area (TPSA) is 52.7 Å². The lowest BCUT2D eigenvalue weighted by Gasteiger charge is -2.37. The highest BCUT2D eigenvalue weighted by atomic mass is 16.3. The second-order valence-electron chi connectivity index (χ2n) is 5.66. The number of aliphatic hydroxyl groups is 1. The summed E-state index contributed by atoms with van der Waals surface area (Å²) in [5.74, 6) is 0. The third-order valence-corrected chi connectivity index (χ3v) is 4.00. The zero-order chi connectivity index (χ0) is 13.8. The van der Waals surface area contributed by atoms with Crippen molar-refractivity contribution in [2.45, 2.75) is 25.0 Å². The van der Waals surface area contributed by atoms with E-state index in [1.54, 1.807) is 0 Å². The van der Waals surface area contributed by atoms with Crippen LogP contribution in [0.15, 0.2) is 24.3 Å². The molecular weight excluding hydrogens is 238 g/mol. The lowest BCUT2D eigenvalue weighted by Crippen LogP contribution is -2.46. The Hall–Kier alpha value is -1.10. The Balaban J connectivity index is 1.95. The molecule has 106 valence electrons. The van der Waals surface area contributed by atoms with Crippen LogP contribution in [0.25, 0.3) is 0 Å². The van der Waals surface area contributed by atoms with Gasteiger partial charge in [0.2, 0.25) is 0 Å². The van der Waals surface area contributed by atoms with Crippen molar-refractivity contribution in [2.75, 3.05) is 39.5 Å². The summed E-state index contributed by atoms with van der Waals surface area (Å²) in [6.07, 6.45) is 1.94. The van der Waals surface area contributed by atoms with Gasteiger partial charge in [-0.25, -0.2) is 0 Å². The first kappa shape index (κ1) is 14.3. The van der Waals surface area contributed by atoms with Gasteiger partial charge in [0, 0.05) is 30.4 Å². The molecule has 0 aliphatic carbocycles. The fourth-order valence-corrected chi connectivity index (χ4v) is 2.78. The van der Waals surface area contributed by atoms with Crippen LogP contribution in [0.5, 0.6) is 0 Å². The monoisotopic (exact) mass is 263 g/mol. The molecule has 0 bridgehead atoms. The van der Waals surface area contributed by atoms with E-state index in [0.29, 0.717) is 18.3 Å². The van der Waals surface area contributed by atoms with E-state index >= 15 is 0 Å². The number of hydrogen-bond donors (Lipinski definition) is 2. The Morgan fingerprint density at radius 2 is 2.16 bits per heavy atom. The fourth-order valence-electron chi connectivity index (χ4n) is 2.78. The Morgan fingerprint density at radius 3 is 2.84 bits per heavy atom. The number of piperidine rings is 1. The zero-order valence-electron chi connectivity index (χ0n) is 11.9. The van der Waals surface area contributed by atoms with Crippen LogP contribution in [0.3, 0.4) is 0 Å². The average molecular weight is 263 g/mol. The smallest absolute Gasteiger partial charge is 0.0936 e. The van der Waals surface area contributed by atoms with Crippen LogP contribution in [0, 0.1) is 0 Å². The number of benzene rings is 1. The quantitative estimate of drug-likeness (QED) is 0.805. The molecule has 3 N–H and O–H groups in total. The van der Waals surface area contributed by atoms with Gasteiger partial charge in [-0.15, -0.1) is 0 Å². The number of likely N-dealkylation sites (tertiary alicyclic amines) is 1. The molecule has 1 aromatic carbocycles. The second kappa shape index (κ2) is 6.37. The molecule has 2 rings (SSSR count). The van der Waals surface area contributed by atoms with Crippen molar-refractivity contribution >= 4 is 5.69 Å². The number of anilines is 1. The third kappa shape index (κ3) is 3.69. The molecule has 1 saturated heterocycles. The summed E-state index contributed by atoms with van der Waals surface area (Å²) in [7, 11) is 4.25. The number of nitrogens with two attached hydrogens (primary N) is 1. The molecule has 0 aromatic heterocycles. The van der Waals surface area contributed by atoms with Crippen LogP contribution >= 0.6 is 0 Å². The molecule has 1 aliphatic rings. The molecule has 2 unspecified atom stereocenters. The van der Waals surface area contributed by atoms with Crippen LogP contribution in [0.2, 0.25) is 0 Å². The molecule has 0 saturated carbocycles. The molecule has 19 heavy (non-hydrogen) atoms. The maximum absolute atomic E-state index is 10.3. The van der Waals surface area contributed by atoms with E-state index in [1.807, 2.05) is 24.3 Å². The van der Waals surface area contributed by atoms with Gasteiger partial charge in [0.1, 0.15) is 0 Å². The largest absolute Gasteiger partial charge is 0.398 e. The standard InChI is InChI=1S/C15H25N3O/c1-17(2)12-6-5-9-18(10-12)11-15(19)13-7-3-4-8-14(13)16/h3-4,7-8,12,15,19H,5-6,9-11,16H2,1-2H3. The summed E-state index contributed by atoms with van der Waals surface area (Å²) in [4.78, 5) is 4.61. The van der Waals surface area contributed by atoms with Crippen molar-refractivity contribution in [3.63, 3.8) is 0 Å². The molecule has 1 heterocycles. The average Bonchev–Trinajstić information content (AvgIpc) is 2.39. The van der Waals surface area contributed by atoms with Gasteiger partial charge < -0.3 is 15.7 Å². The molecule has 1 fully saturated rings. The summed E-state index contributed by atoms with van der Waals surface area (Å²) in [5.41, 5.74) is 7.43. The zero-order valence-corrected chi connectivity index (χ0v) is 11.9. The third-order valence-electron chi connectivity index (χ3n) is 4.00. The molecular formula is C15H25N3O. The van der Waals surface area contributed by atoms with Gasteiger partial charge in [0.25, 0.3) is 0 Å². The number of likely N-dealkylation sites (N-methyl/N-ethyl adjacent to an activating group) is 1. The predicted octanol–water partition coefficient (Wildman–Crippen LogP) is 1.33. The summed E-state index contributed by atoms with van der Waals surface area (Å²) < 4.78 is 0. The Bertz CT molecular complexity index is 408. The van der Waals surface area contributed by atoms with Gasteiger partial charge in [-0.1, -0.05) is 18.2 Å². The number of β-amino-alcohol motifs (C(OH)–C–C–N with tert-alkyl or cyclic N) is 1. The number of hydrogen-bond acceptors (Lipinski definition) is 4. The molecule has 2 atom stereocenters. The molecule has 4 heteroatoms. The summed E-state index contributed by atoms with van der Waals surface area (Å²) in [6, 6.07) is 8.17. The van der Waals surface area contributed by atoms with Crippen molar-refractivity contribution in [3.8, 4) is 0 Å². The number of nitrogen functional groups attached to an aromatic ring is 1. The molecule has 0 radical (unpaired) electrons. The second-order valence-corrected chi connectivity index (χ2v) is 5.66. The molecule has 1 aliphatic heterocycles. The van der Waals surface area contributed by atoms with Gasteiger partial charge in [-0.3, -0.25) is 4.90 Å². The summed E-state index contributed by atoms with van der Waals surface area (Å²) in [6.45, 7) is 2.75. The number of aliphatic hydroxyl groups excluding tert-OH is 1. The Morgan fingerprint density at radius 1 is 1.42 bits per heavy atom. The summed E-state index contributed by atoms with van der Waals surface area (Å²) in [5, 5.41) is 10.3. The van der Waals surface area contributed by atoms with Crippen LogP contribution in [-0.4, -0.2) is 54.7 Å². The highest BCUT2D eigenvalue weighted by molar-refractivity contribution is 5.47. The first-order chi connectivity index (χ1) is 9.08. The van der Waals surface area contributed by atoms with Crippen LogP contribution in [-0.2, 0) is 0 Å². The number of para-hydroxylation sites is 1.